The second kappa shape index (κ2) is 5.60. The van der Waals surface area contributed by atoms with Gasteiger partial charge in [0.2, 0.25) is 0 Å². The van der Waals surface area contributed by atoms with E-state index < -0.39 is 5.97 Å². The fourth-order valence-electron chi connectivity index (χ4n) is 2.64. The van der Waals surface area contributed by atoms with E-state index in [9.17, 15) is 9.90 Å². The molecule has 0 unspecified atom stereocenters. The molecule has 0 aliphatic carbocycles. The standard InChI is InChI=1S/C19H17NO2/c1-3-13-5-4-6-15-16(19(21)22)11-17(20-18(13)15)14-9-7-12(2)8-10-14/h4-11H,3H2,1-2H3,(H,21,22). The zero-order chi connectivity index (χ0) is 15.7. The van der Waals surface area contributed by atoms with Gasteiger partial charge in [-0.1, -0.05) is 55.0 Å². The molecule has 0 radical (unpaired) electrons. The van der Waals surface area contributed by atoms with E-state index in [2.05, 4.69) is 6.92 Å². The van der Waals surface area contributed by atoms with Crippen LogP contribution in [-0.2, 0) is 6.42 Å². The molecule has 3 heteroatoms. The van der Waals surface area contributed by atoms with Crippen LogP contribution in [0.5, 0.6) is 0 Å². The molecule has 0 aliphatic heterocycles. The number of para-hydroxylation sites is 1. The molecule has 0 spiro atoms. The van der Waals surface area contributed by atoms with Gasteiger partial charge in [0.25, 0.3) is 0 Å². The molecule has 3 rings (SSSR count). The number of carboxylic acids is 1. The number of carboxylic acid groups (broad SMARTS) is 1. The lowest BCUT2D eigenvalue weighted by atomic mass is 10.0. The van der Waals surface area contributed by atoms with Crippen LogP contribution in [0.25, 0.3) is 22.2 Å². The molecule has 1 aromatic heterocycles. The minimum absolute atomic E-state index is 0.302. The monoisotopic (exact) mass is 291 g/mol. The van der Waals surface area contributed by atoms with Crippen molar-refractivity contribution in [3.05, 3.63) is 65.2 Å². The number of hydrogen-bond donors (Lipinski definition) is 1. The Bertz CT molecular complexity index is 851. The number of hydrogen-bond acceptors (Lipinski definition) is 2. The second-order valence-corrected chi connectivity index (χ2v) is 5.39. The lowest BCUT2D eigenvalue weighted by molar-refractivity contribution is 0.0699. The fourth-order valence-corrected chi connectivity index (χ4v) is 2.64. The zero-order valence-corrected chi connectivity index (χ0v) is 12.6. The van der Waals surface area contributed by atoms with Crippen LogP contribution in [0.3, 0.4) is 0 Å². The summed E-state index contributed by atoms with van der Waals surface area (Å²) < 4.78 is 0. The summed E-state index contributed by atoms with van der Waals surface area (Å²) in [5, 5.41) is 10.2. The number of pyridine rings is 1. The first kappa shape index (κ1) is 14.3. The van der Waals surface area contributed by atoms with Gasteiger partial charge in [-0.25, -0.2) is 9.78 Å². The summed E-state index contributed by atoms with van der Waals surface area (Å²) in [5.41, 5.74) is 4.94. The Morgan fingerprint density at radius 2 is 1.86 bits per heavy atom. The van der Waals surface area contributed by atoms with Crippen molar-refractivity contribution in [3.63, 3.8) is 0 Å². The van der Waals surface area contributed by atoms with Gasteiger partial charge in [0.05, 0.1) is 16.8 Å². The van der Waals surface area contributed by atoms with Gasteiger partial charge in [-0.3, -0.25) is 0 Å². The minimum atomic E-state index is -0.922. The second-order valence-electron chi connectivity index (χ2n) is 5.39. The Morgan fingerprint density at radius 1 is 1.14 bits per heavy atom. The average molecular weight is 291 g/mol. The Balaban J connectivity index is 2.32. The molecule has 0 fully saturated rings. The summed E-state index contributed by atoms with van der Waals surface area (Å²) in [7, 11) is 0. The van der Waals surface area contributed by atoms with Gasteiger partial charge in [-0.2, -0.15) is 0 Å². The van der Waals surface area contributed by atoms with Crippen molar-refractivity contribution in [2.24, 2.45) is 0 Å². The summed E-state index contributed by atoms with van der Waals surface area (Å²) in [4.78, 5) is 16.4. The van der Waals surface area contributed by atoms with Crippen molar-refractivity contribution < 1.29 is 9.90 Å². The largest absolute Gasteiger partial charge is 0.478 e. The quantitative estimate of drug-likeness (QED) is 0.774. The SMILES string of the molecule is CCc1cccc2c(C(=O)O)cc(-c3ccc(C)cc3)nc12. The highest BCUT2D eigenvalue weighted by Gasteiger charge is 2.14. The summed E-state index contributed by atoms with van der Waals surface area (Å²) in [5.74, 6) is -0.922. The van der Waals surface area contributed by atoms with Gasteiger partial charge < -0.3 is 5.11 Å². The molecule has 0 saturated carbocycles. The number of benzene rings is 2. The van der Waals surface area contributed by atoms with Crippen molar-refractivity contribution in [1.82, 2.24) is 4.98 Å². The number of nitrogens with zero attached hydrogens (tertiary/aromatic N) is 1. The van der Waals surface area contributed by atoms with Crippen LogP contribution in [0.2, 0.25) is 0 Å². The van der Waals surface area contributed by atoms with Gasteiger partial charge in [0.15, 0.2) is 0 Å². The molecule has 0 atom stereocenters. The van der Waals surface area contributed by atoms with Crippen LogP contribution in [0.4, 0.5) is 0 Å². The van der Waals surface area contributed by atoms with Crippen LogP contribution in [0, 0.1) is 6.92 Å². The van der Waals surface area contributed by atoms with Crippen molar-refractivity contribution >= 4 is 16.9 Å². The van der Waals surface area contributed by atoms with E-state index in [1.54, 1.807) is 6.07 Å². The van der Waals surface area contributed by atoms with Crippen molar-refractivity contribution in [2.45, 2.75) is 20.3 Å². The molecule has 0 aliphatic rings. The summed E-state index contributed by atoms with van der Waals surface area (Å²) >= 11 is 0. The Kier molecular flexibility index (Phi) is 3.63. The molecular weight excluding hydrogens is 274 g/mol. The maximum Gasteiger partial charge on any atom is 0.336 e. The van der Waals surface area contributed by atoms with E-state index in [0.29, 0.717) is 16.6 Å². The van der Waals surface area contributed by atoms with Crippen LogP contribution in [0.15, 0.2) is 48.5 Å². The smallest absolute Gasteiger partial charge is 0.336 e. The van der Waals surface area contributed by atoms with Crippen LogP contribution in [0.1, 0.15) is 28.4 Å². The highest BCUT2D eigenvalue weighted by Crippen LogP contribution is 2.27. The minimum Gasteiger partial charge on any atom is -0.478 e. The molecule has 1 heterocycles. The maximum atomic E-state index is 11.6. The molecule has 110 valence electrons. The van der Waals surface area contributed by atoms with Crippen molar-refractivity contribution in [1.29, 1.82) is 0 Å². The molecular formula is C19H17NO2. The van der Waals surface area contributed by atoms with E-state index in [0.717, 1.165) is 28.6 Å². The lowest BCUT2D eigenvalue weighted by Gasteiger charge is -2.10. The summed E-state index contributed by atoms with van der Waals surface area (Å²) in [6, 6.07) is 15.3. The van der Waals surface area contributed by atoms with Crippen molar-refractivity contribution in [3.8, 4) is 11.3 Å². The molecule has 3 nitrogen and oxygen atoms in total. The van der Waals surface area contributed by atoms with Crippen LogP contribution in [-0.4, -0.2) is 16.1 Å². The van der Waals surface area contributed by atoms with E-state index in [-0.39, 0.29) is 0 Å². The van der Waals surface area contributed by atoms with Gasteiger partial charge in [-0.15, -0.1) is 0 Å². The first-order valence-electron chi connectivity index (χ1n) is 7.33. The summed E-state index contributed by atoms with van der Waals surface area (Å²) in [6.45, 7) is 4.07. The molecule has 3 aromatic rings. The van der Waals surface area contributed by atoms with E-state index in [4.69, 9.17) is 4.98 Å². The first-order chi connectivity index (χ1) is 10.6. The molecule has 22 heavy (non-hydrogen) atoms. The fraction of sp³-hybridized carbons (Fsp3) is 0.158. The number of fused-ring (bicyclic) bond motifs is 1. The predicted octanol–water partition coefficient (Wildman–Crippen LogP) is 4.47. The highest BCUT2D eigenvalue weighted by atomic mass is 16.4. The van der Waals surface area contributed by atoms with E-state index in [1.807, 2.05) is 49.4 Å². The van der Waals surface area contributed by atoms with Gasteiger partial charge in [0.1, 0.15) is 0 Å². The number of carbonyl (C=O) groups is 1. The lowest BCUT2D eigenvalue weighted by Crippen LogP contribution is -2.01. The topological polar surface area (TPSA) is 50.2 Å². The predicted molar refractivity (Wildman–Crippen MR) is 88.3 cm³/mol. The number of aromatic carboxylic acids is 1. The maximum absolute atomic E-state index is 11.6. The Hall–Kier alpha value is -2.68. The highest BCUT2D eigenvalue weighted by molar-refractivity contribution is 6.04. The van der Waals surface area contributed by atoms with Crippen LogP contribution < -0.4 is 0 Å². The molecule has 0 saturated heterocycles. The van der Waals surface area contributed by atoms with Crippen molar-refractivity contribution in [2.75, 3.05) is 0 Å². The number of aromatic nitrogens is 1. The molecule has 0 bridgehead atoms. The zero-order valence-electron chi connectivity index (χ0n) is 12.6. The van der Waals surface area contributed by atoms with Gasteiger partial charge in [-0.05, 0) is 25.0 Å². The average Bonchev–Trinajstić information content (AvgIpc) is 2.53. The molecule has 1 N–H and O–H groups in total. The third kappa shape index (κ3) is 2.46. The third-order valence-corrected chi connectivity index (χ3v) is 3.88. The van der Waals surface area contributed by atoms with E-state index >= 15 is 0 Å². The number of rotatable bonds is 3. The van der Waals surface area contributed by atoms with Gasteiger partial charge in [0, 0.05) is 10.9 Å². The molecule has 2 aromatic carbocycles. The Labute approximate surface area is 129 Å². The number of aryl methyl sites for hydroxylation is 2. The van der Waals surface area contributed by atoms with E-state index in [1.165, 1.54) is 0 Å². The summed E-state index contributed by atoms with van der Waals surface area (Å²) in [6.07, 6.45) is 0.820. The first-order valence-corrected chi connectivity index (χ1v) is 7.33. The van der Waals surface area contributed by atoms with Gasteiger partial charge >= 0.3 is 5.97 Å². The normalized spacial score (nSPS) is 10.8. The molecule has 0 amide bonds. The Morgan fingerprint density at radius 3 is 2.50 bits per heavy atom. The van der Waals surface area contributed by atoms with Crippen LogP contribution >= 0.6 is 0 Å². The third-order valence-electron chi connectivity index (χ3n) is 3.88.